The van der Waals surface area contributed by atoms with Crippen molar-refractivity contribution in [2.45, 2.75) is 6.54 Å². The van der Waals surface area contributed by atoms with Gasteiger partial charge in [0.15, 0.2) is 11.5 Å². The van der Waals surface area contributed by atoms with Crippen molar-refractivity contribution < 1.29 is 19.0 Å². The van der Waals surface area contributed by atoms with Crippen molar-refractivity contribution in [3.63, 3.8) is 0 Å². The summed E-state index contributed by atoms with van der Waals surface area (Å²) in [5.74, 6) is 2.06. The number of ether oxygens (including phenoxy) is 3. The molecule has 2 aromatic carbocycles. The van der Waals surface area contributed by atoms with Crippen LogP contribution >= 0.6 is 0 Å². The number of carbonyl (C=O) groups is 1. The Morgan fingerprint density at radius 3 is 2.34 bits per heavy atom. The Labute approximate surface area is 169 Å². The fourth-order valence-electron chi connectivity index (χ4n) is 2.78. The maximum atomic E-state index is 12.4. The molecule has 0 unspecified atom stereocenters. The van der Waals surface area contributed by atoms with Crippen molar-refractivity contribution in [1.29, 1.82) is 0 Å². The molecule has 2 N–H and O–H groups in total. The van der Waals surface area contributed by atoms with Gasteiger partial charge in [0, 0.05) is 6.54 Å². The number of methoxy groups -OCH3 is 3. The molecule has 0 spiro atoms. The van der Waals surface area contributed by atoms with Gasteiger partial charge in [-0.05, 0) is 42.0 Å². The zero-order valence-electron chi connectivity index (χ0n) is 16.6. The Morgan fingerprint density at radius 2 is 1.66 bits per heavy atom. The third-order valence-corrected chi connectivity index (χ3v) is 4.30. The lowest BCUT2D eigenvalue weighted by molar-refractivity contribution is 0.102. The van der Waals surface area contributed by atoms with Crippen LogP contribution in [-0.2, 0) is 6.54 Å². The predicted molar refractivity (Wildman–Crippen MR) is 112 cm³/mol. The van der Waals surface area contributed by atoms with Crippen molar-refractivity contribution >= 4 is 17.4 Å². The third-order valence-electron chi connectivity index (χ3n) is 4.30. The highest BCUT2D eigenvalue weighted by molar-refractivity contribution is 6.05. The largest absolute Gasteiger partial charge is 0.496 e. The van der Waals surface area contributed by atoms with Gasteiger partial charge in [-0.25, -0.2) is 4.98 Å². The molecule has 1 amide bonds. The molecule has 29 heavy (non-hydrogen) atoms. The molecule has 3 rings (SSSR count). The highest BCUT2D eigenvalue weighted by Crippen LogP contribution is 2.28. The lowest BCUT2D eigenvalue weighted by Gasteiger charge is -2.11. The second-order valence-electron chi connectivity index (χ2n) is 6.13. The van der Waals surface area contributed by atoms with Gasteiger partial charge in [-0.1, -0.05) is 18.2 Å². The Kier molecular flexibility index (Phi) is 6.52. The fourth-order valence-corrected chi connectivity index (χ4v) is 2.78. The summed E-state index contributed by atoms with van der Waals surface area (Å²) < 4.78 is 15.8. The van der Waals surface area contributed by atoms with Gasteiger partial charge < -0.3 is 24.8 Å². The van der Waals surface area contributed by atoms with E-state index in [9.17, 15) is 4.79 Å². The smallest absolute Gasteiger partial charge is 0.260 e. The number of rotatable bonds is 8. The Bertz CT molecular complexity index is 974. The Balaban J connectivity index is 1.61. The van der Waals surface area contributed by atoms with E-state index in [1.165, 1.54) is 7.11 Å². The Hall–Kier alpha value is -3.74. The van der Waals surface area contributed by atoms with Crippen LogP contribution in [0.1, 0.15) is 15.9 Å². The first-order chi connectivity index (χ1) is 14.1. The van der Waals surface area contributed by atoms with E-state index in [-0.39, 0.29) is 5.91 Å². The van der Waals surface area contributed by atoms with Crippen LogP contribution in [0.4, 0.5) is 11.5 Å². The minimum absolute atomic E-state index is 0.277. The summed E-state index contributed by atoms with van der Waals surface area (Å²) in [5, 5.41) is 6.06. The zero-order chi connectivity index (χ0) is 20.6. The molecule has 150 valence electrons. The number of hydrogen-bond donors (Lipinski definition) is 2. The number of anilines is 2. The molecule has 0 bridgehead atoms. The van der Waals surface area contributed by atoms with E-state index in [2.05, 4.69) is 15.6 Å². The van der Waals surface area contributed by atoms with E-state index in [1.54, 1.807) is 44.7 Å². The van der Waals surface area contributed by atoms with Crippen LogP contribution in [0.25, 0.3) is 0 Å². The van der Waals surface area contributed by atoms with Crippen LogP contribution in [0.3, 0.4) is 0 Å². The number of nitrogens with one attached hydrogen (secondary N) is 2. The van der Waals surface area contributed by atoms with Gasteiger partial charge in [0.1, 0.15) is 11.6 Å². The van der Waals surface area contributed by atoms with Crippen molar-refractivity contribution in [1.82, 2.24) is 4.98 Å². The molecule has 1 heterocycles. The summed E-state index contributed by atoms with van der Waals surface area (Å²) in [4.78, 5) is 16.7. The van der Waals surface area contributed by atoms with Gasteiger partial charge in [0.2, 0.25) is 0 Å². The lowest BCUT2D eigenvalue weighted by atomic mass is 10.2. The van der Waals surface area contributed by atoms with Gasteiger partial charge in [-0.2, -0.15) is 0 Å². The molecule has 7 nitrogen and oxygen atoms in total. The molecule has 0 saturated heterocycles. The molecule has 1 aromatic heterocycles. The van der Waals surface area contributed by atoms with E-state index in [0.29, 0.717) is 35.2 Å². The van der Waals surface area contributed by atoms with E-state index in [0.717, 1.165) is 11.3 Å². The molecule has 7 heteroatoms. The normalized spacial score (nSPS) is 10.2. The van der Waals surface area contributed by atoms with Crippen LogP contribution in [0.5, 0.6) is 17.2 Å². The molecule has 0 fully saturated rings. The zero-order valence-corrected chi connectivity index (χ0v) is 16.6. The van der Waals surface area contributed by atoms with Gasteiger partial charge in [0.05, 0.1) is 38.8 Å². The predicted octanol–water partition coefficient (Wildman–Crippen LogP) is 3.97. The first-order valence-corrected chi connectivity index (χ1v) is 8.99. The van der Waals surface area contributed by atoms with Gasteiger partial charge in [-0.15, -0.1) is 0 Å². The summed E-state index contributed by atoms with van der Waals surface area (Å²) in [6.07, 6.45) is 1.67. The van der Waals surface area contributed by atoms with E-state index in [1.807, 2.05) is 30.3 Å². The van der Waals surface area contributed by atoms with Crippen molar-refractivity contribution in [3.8, 4) is 17.2 Å². The molecule has 0 radical (unpaired) electrons. The van der Waals surface area contributed by atoms with Crippen molar-refractivity contribution in [3.05, 3.63) is 71.9 Å². The lowest BCUT2D eigenvalue weighted by Crippen LogP contribution is -2.14. The van der Waals surface area contributed by atoms with Crippen LogP contribution < -0.4 is 24.8 Å². The topological polar surface area (TPSA) is 81.7 Å². The number of pyridine rings is 1. The summed E-state index contributed by atoms with van der Waals surface area (Å²) in [6.45, 7) is 0.592. The summed E-state index contributed by atoms with van der Waals surface area (Å²) >= 11 is 0. The number of para-hydroxylation sites is 1. The Morgan fingerprint density at radius 1 is 0.897 bits per heavy atom. The molecule has 0 saturated carbocycles. The molecule has 0 aliphatic carbocycles. The van der Waals surface area contributed by atoms with Crippen LogP contribution in [0.15, 0.2) is 60.8 Å². The van der Waals surface area contributed by atoms with Gasteiger partial charge in [0.25, 0.3) is 5.91 Å². The highest BCUT2D eigenvalue weighted by atomic mass is 16.5. The second kappa shape index (κ2) is 9.45. The monoisotopic (exact) mass is 393 g/mol. The second-order valence-corrected chi connectivity index (χ2v) is 6.13. The van der Waals surface area contributed by atoms with Crippen LogP contribution in [0, 0.1) is 0 Å². The first-order valence-electron chi connectivity index (χ1n) is 8.99. The number of benzene rings is 2. The quantitative estimate of drug-likeness (QED) is 0.603. The van der Waals surface area contributed by atoms with E-state index >= 15 is 0 Å². The van der Waals surface area contributed by atoms with Crippen molar-refractivity contribution in [2.24, 2.45) is 0 Å². The number of aromatic nitrogens is 1. The maximum absolute atomic E-state index is 12.4. The van der Waals surface area contributed by atoms with E-state index in [4.69, 9.17) is 14.2 Å². The first kappa shape index (κ1) is 20.0. The average molecular weight is 393 g/mol. The van der Waals surface area contributed by atoms with Gasteiger partial charge >= 0.3 is 0 Å². The van der Waals surface area contributed by atoms with E-state index < -0.39 is 0 Å². The minimum Gasteiger partial charge on any atom is -0.496 e. The maximum Gasteiger partial charge on any atom is 0.260 e. The summed E-state index contributed by atoms with van der Waals surface area (Å²) in [6, 6.07) is 16.4. The molecule has 0 atom stereocenters. The number of hydrogen-bond acceptors (Lipinski definition) is 6. The third kappa shape index (κ3) is 4.95. The fraction of sp³-hybridized carbons (Fsp3) is 0.182. The standard InChI is InChI=1S/C22H23N3O4/c1-27-18-7-5-4-6-17(18)22(26)25-21-11-9-16(14-24-21)23-13-15-8-10-19(28-2)20(12-15)29-3/h4-12,14,23H,13H2,1-3H3,(H,24,25,26). The summed E-state index contributed by atoms with van der Waals surface area (Å²) in [7, 11) is 4.75. The number of carbonyl (C=O) groups excluding carboxylic acids is 1. The van der Waals surface area contributed by atoms with Gasteiger partial charge in [-0.3, -0.25) is 4.79 Å². The molecular weight excluding hydrogens is 370 g/mol. The number of amides is 1. The molecule has 0 aliphatic heterocycles. The average Bonchev–Trinajstić information content (AvgIpc) is 2.78. The number of nitrogens with zero attached hydrogens (tertiary/aromatic N) is 1. The van der Waals surface area contributed by atoms with Crippen molar-refractivity contribution in [2.75, 3.05) is 32.0 Å². The molecule has 0 aliphatic rings. The SMILES string of the molecule is COc1ccc(CNc2ccc(NC(=O)c3ccccc3OC)nc2)cc1OC. The molecular formula is C22H23N3O4. The highest BCUT2D eigenvalue weighted by Gasteiger charge is 2.12. The minimum atomic E-state index is -0.277. The molecule has 3 aromatic rings. The van der Waals surface area contributed by atoms with Crippen LogP contribution in [0.2, 0.25) is 0 Å². The van der Waals surface area contributed by atoms with Crippen LogP contribution in [-0.4, -0.2) is 32.2 Å². The summed E-state index contributed by atoms with van der Waals surface area (Å²) in [5.41, 5.74) is 2.32.